The van der Waals surface area contributed by atoms with Gasteiger partial charge in [0.15, 0.2) is 0 Å². The van der Waals surface area contributed by atoms with Crippen molar-refractivity contribution in [1.29, 1.82) is 0 Å². The summed E-state index contributed by atoms with van der Waals surface area (Å²) in [5.41, 5.74) is 0. The highest BCUT2D eigenvalue weighted by Gasteiger charge is 2.23. The number of carbonyl (C=O) groups excluding carboxylic acids is 2. The summed E-state index contributed by atoms with van der Waals surface area (Å²) in [6, 6.07) is -0.427. The molecule has 2 N–H and O–H groups in total. The van der Waals surface area contributed by atoms with Gasteiger partial charge in [-0.1, -0.05) is 13.8 Å². The van der Waals surface area contributed by atoms with E-state index in [4.69, 9.17) is 5.11 Å². The van der Waals surface area contributed by atoms with Crippen molar-refractivity contribution in [1.82, 2.24) is 10.2 Å². The molecule has 1 unspecified atom stereocenters. The molecule has 0 saturated carbocycles. The Morgan fingerprint density at radius 1 is 1.24 bits per heavy atom. The topological polar surface area (TPSA) is 95.9 Å². The summed E-state index contributed by atoms with van der Waals surface area (Å²) in [6.07, 6.45) is 2.96. The summed E-state index contributed by atoms with van der Waals surface area (Å²) in [5, 5.41) is 10.6. The number of urea groups is 1. The Labute approximate surface area is 124 Å². The Kier molecular flexibility index (Phi) is 7.14. The van der Waals surface area contributed by atoms with E-state index in [0.717, 1.165) is 19.3 Å². The number of rotatable bonds is 5. The molecular formula is C14H24N2O5. The highest BCUT2D eigenvalue weighted by atomic mass is 16.5. The van der Waals surface area contributed by atoms with Crippen LogP contribution in [0.15, 0.2) is 0 Å². The lowest BCUT2D eigenvalue weighted by molar-refractivity contribution is -0.143. The van der Waals surface area contributed by atoms with Gasteiger partial charge in [0.05, 0.1) is 0 Å². The van der Waals surface area contributed by atoms with E-state index in [-0.39, 0.29) is 0 Å². The number of hydrogen-bond donors (Lipinski definition) is 2. The van der Waals surface area contributed by atoms with Crippen LogP contribution in [0.25, 0.3) is 0 Å². The van der Waals surface area contributed by atoms with Crippen molar-refractivity contribution in [2.24, 2.45) is 11.8 Å². The first-order valence-electron chi connectivity index (χ1n) is 7.28. The molecule has 0 radical (unpaired) electrons. The van der Waals surface area contributed by atoms with Crippen LogP contribution in [-0.4, -0.2) is 54.2 Å². The summed E-state index contributed by atoms with van der Waals surface area (Å²) >= 11 is 0. The van der Waals surface area contributed by atoms with E-state index in [1.54, 1.807) is 4.90 Å². The molecule has 3 amide bonds. The third-order valence-corrected chi connectivity index (χ3v) is 3.71. The molecule has 1 aliphatic rings. The summed E-state index contributed by atoms with van der Waals surface area (Å²) in [5.74, 6) is -0.566. The number of imide groups is 1. The number of likely N-dealkylation sites (tertiary alicyclic amines) is 1. The zero-order chi connectivity index (χ0) is 15.8. The zero-order valence-corrected chi connectivity index (χ0v) is 12.6. The molecule has 21 heavy (non-hydrogen) atoms. The van der Waals surface area contributed by atoms with Crippen LogP contribution in [0.1, 0.15) is 33.1 Å². The van der Waals surface area contributed by atoms with Crippen molar-refractivity contribution >= 4 is 17.9 Å². The van der Waals surface area contributed by atoms with E-state index < -0.39 is 31.1 Å². The van der Waals surface area contributed by atoms with Crippen LogP contribution >= 0.6 is 0 Å². The van der Waals surface area contributed by atoms with Crippen molar-refractivity contribution in [2.75, 3.05) is 26.3 Å². The normalized spacial score (nSPS) is 19.2. The Hall–Kier alpha value is -1.63. The van der Waals surface area contributed by atoms with Gasteiger partial charge in [-0.05, 0) is 31.1 Å². The van der Waals surface area contributed by atoms with E-state index in [1.807, 2.05) is 0 Å². The van der Waals surface area contributed by atoms with E-state index in [2.05, 4.69) is 23.9 Å². The number of carboxylic acids is 1. The van der Waals surface area contributed by atoms with Gasteiger partial charge >= 0.3 is 12.0 Å². The van der Waals surface area contributed by atoms with Crippen LogP contribution in [0.4, 0.5) is 4.79 Å². The number of amides is 3. The first kappa shape index (κ1) is 17.4. The molecule has 1 atom stereocenters. The third kappa shape index (κ3) is 6.57. The average molecular weight is 300 g/mol. The van der Waals surface area contributed by atoms with E-state index in [1.165, 1.54) is 0 Å². The number of carbonyl (C=O) groups is 3. The van der Waals surface area contributed by atoms with Crippen molar-refractivity contribution in [2.45, 2.75) is 33.1 Å². The van der Waals surface area contributed by atoms with Gasteiger partial charge in [0.1, 0.15) is 13.2 Å². The van der Waals surface area contributed by atoms with Crippen LogP contribution in [0.2, 0.25) is 0 Å². The van der Waals surface area contributed by atoms with Crippen molar-refractivity contribution in [3.63, 3.8) is 0 Å². The zero-order valence-electron chi connectivity index (χ0n) is 12.6. The van der Waals surface area contributed by atoms with E-state index in [9.17, 15) is 14.4 Å². The summed E-state index contributed by atoms with van der Waals surface area (Å²) in [4.78, 5) is 35.3. The first-order valence-corrected chi connectivity index (χ1v) is 7.28. The first-order chi connectivity index (χ1) is 9.90. The molecule has 0 aliphatic carbocycles. The molecule has 0 spiro atoms. The predicted octanol–water partition coefficient (Wildman–Crippen LogP) is 1.08. The van der Waals surface area contributed by atoms with Crippen LogP contribution in [0.5, 0.6) is 0 Å². The fourth-order valence-corrected chi connectivity index (χ4v) is 2.46. The predicted molar refractivity (Wildman–Crippen MR) is 75.7 cm³/mol. The fraction of sp³-hybridized carbons (Fsp3) is 0.786. The molecule has 1 heterocycles. The Morgan fingerprint density at radius 3 is 2.57 bits per heavy atom. The molecule has 1 rings (SSSR count). The maximum Gasteiger partial charge on any atom is 0.329 e. The summed E-state index contributed by atoms with van der Waals surface area (Å²) < 4.78 is 4.64. The monoisotopic (exact) mass is 300 g/mol. The minimum absolute atomic E-state index is 0.427. The Balaban J connectivity index is 2.34. The third-order valence-electron chi connectivity index (χ3n) is 3.71. The molecule has 7 nitrogen and oxygen atoms in total. The highest BCUT2D eigenvalue weighted by Crippen LogP contribution is 2.24. The SMILES string of the molecule is CC(C)C1CCCN(C(=O)NC(=O)COCC(=O)O)CC1. The van der Waals surface area contributed by atoms with Gasteiger partial charge in [-0.3, -0.25) is 10.1 Å². The Bertz CT molecular complexity index is 384. The minimum Gasteiger partial charge on any atom is -0.480 e. The maximum absolute atomic E-state index is 12.0. The van der Waals surface area contributed by atoms with Crippen molar-refractivity contribution in [3.8, 4) is 0 Å². The van der Waals surface area contributed by atoms with Gasteiger partial charge in [-0.2, -0.15) is 0 Å². The van der Waals surface area contributed by atoms with Gasteiger partial charge in [0, 0.05) is 13.1 Å². The van der Waals surface area contributed by atoms with Crippen LogP contribution in [-0.2, 0) is 14.3 Å². The molecule has 0 aromatic rings. The lowest BCUT2D eigenvalue weighted by atomic mass is 9.89. The second-order valence-electron chi connectivity index (χ2n) is 5.66. The van der Waals surface area contributed by atoms with Crippen LogP contribution in [0, 0.1) is 11.8 Å². The number of aliphatic carboxylic acids is 1. The number of nitrogens with zero attached hydrogens (tertiary/aromatic N) is 1. The lowest BCUT2D eigenvalue weighted by Gasteiger charge is -2.21. The van der Waals surface area contributed by atoms with Gasteiger partial charge in [0.2, 0.25) is 0 Å². The highest BCUT2D eigenvalue weighted by molar-refractivity contribution is 5.95. The molecular weight excluding hydrogens is 276 g/mol. The van der Waals surface area contributed by atoms with Gasteiger partial charge < -0.3 is 14.7 Å². The fourth-order valence-electron chi connectivity index (χ4n) is 2.46. The number of carboxylic acid groups (broad SMARTS) is 1. The van der Waals surface area contributed by atoms with Gasteiger partial charge in [-0.25, -0.2) is 9.59 Å². The molecule has 1 fully saturated rings. The number of hydrogen-bond acceptors (Lipinski definition) is 4. The van der Waals surface area contributed by atoms with Gasteiger partial charge in [-0.15, -0.1) is 0 Å². The smallest absolute Gasteiger partial charge is 0.329 e. The standard InChI is InChI=1S/C14H24N2O5/c1-10(2)11-4-3-6-16(7-5-11)14(20)15-12(17)8-21-9-13(18)19/h10-11H,3-9H2,1-2H3,(H,18,19)(H,15,17,20). The van der Waals surface area contributed by atoms with E-state index in [0.29, 0.717) is 24.9 Å². The van der Waals surface area contributed by atoms with Gasteiger partial charge in [0.25, 0.3) is 5.91 Å². The number of ether oxygens (including phenoxy) is 1. The van der Waals surface area contributed by atoms with E-state index >= 15 is 0 Å². The second kappa shape index (κ2) is 8.61. The second-order valence-corrected chi connectivity index (χ2v) is 5.66. The van der Waals surface area contributed by atoms with Crippen molar-refractivity contribution in [3.05, 3.63) is 0 Å². The number of nitrogens with one attached hydrogen (secondary N) is 1. The Morgan fingerprint density at radius 2 is 1.95 bits per heavy atom. The molecule has 1 saturated heterocycles. The average Bonchev–Trinajstić information content (AvgIpc) is 2.63. The lowest BCUT2D eigenvalue weighted by Crippen LogP contribution is -2.44. The van der Waals surface area contributed by atoms with Crippen LogP contribution in [0.3, 0.4) is 0 Å². The largest absolute Gasteiger partial charge is 0.480 e. The molecule has 0 bridgehead atoms. The molecule has 0 aromatic carbocycles. The summed E-state index contributed by atoms with van der Waals surface area (Å²) in [7, 11) is 0. The van der Waals surface area contributed by atoms with Crippen LogP contribution < -0.4 is 5.32 Å². The molecule has 7 heteroatoms. The molecule has 120 valence electrons. The molecule has 0 aromatic heterocycles. The van der Waals surface area contributed by atoms with Crippen molar-refractivity contribution < 1.29 is 24.2 Å². The molecule has 1 aliphatic heterocycles. The summed E-state index contributed by atoms with van der Waals surface area (Å²) in [6.45, 7) is 4.66. The maximum atomic E-state index is 12.0. The quantitative estimate of drug-likeness (QED) is 0.792. The minimum atomic E-state index is -1.15.